The molecule has 1 aromatic carbocycles. The molecule has 1 aromatic heterocycles. The Morgan fingerprint density at radius 2 is 1.90 bits per heavy atom. The Bertz CT molecular complexity index is 1230. The molecule has 3 heterocycles. The van der Waals surface area contributed by atoms with Gasteiger partial charge in [-0.05, 0) is 32.8 Å². The molecule has 39 heavy (non-hydrogen) atoms. The number of benzene rings is 1. The fourth-order valence-corrected chi connectivity index (χ4v) is 5.09. The number of ether oxygens (including phenoxy) is 2. The molecular formula is C27H34N6O5S. The topological polar surface area (TPSA) is 135 Å². The van der Waals surface area contributed by atoms with Gasteiger partial charge in [-0.25, -0.2) is 9.59 Å². The van der Waals surface area contributed by atoms with Gasteiger partial charge in [-0.1, -0.05) is 30.3 Å². The molecule has 208 valence electrons. The molecule has 4 rings (SSSR count). The van der Waals surface area contributed by atoms with Crippen LogP contribution in [0.25, 0.3) is 0 Å². The molecule has 12 heteroatoms. The van der Waals surface area contributed by atoms with E-state index in [2.05, 4.69) is 16.0 Å². The molecular weight excluding hydrogens is 520 g/mol. The predicted molar refractivity (Wildman–Crippen MR) is 144 cm³/mol. The Hall–Kier alpha value is -3.56. The van der Waals surface area contributed by atoms with Crippen LogP contribution >= 0.6 is 0 Å². The zero-order valence-electron chi connectivity index (χ0n) is 22.8. The first-order valence-electron chi connectivity index (χ1n) is 12.9. The van der Waals surface area contributed by atoms with E-state index in [9.17, 15) is 19.4 Å². The fourth-order valence-electron chi connectivity index (χ4n) is 4.63. The summed E-state index contributed by atoms with van der Waals surface area (Å²) in [6, 6.07) is 11.2. The molecule has 2 atom stereocenters. The van der Waals surface area contributed by atoms with Crippen molar-refractivity contribution in [2.75, 3.05) is 37.3 Å². The minimum Gasteiger partial charge on any atom is -0.609 e. The molecule has 2 unspecified atom stereocenters. The van der Waals surface area contributed by atoms with Crippen LogP contribution in [0, 0.1) is 11.3 Å². The van der Waals surface area contributed by atoms with Crippen molar-refractivity contribution in [1.82, 2.24) is 19.8 Å². The number of hydrogen-bond acceptors (Lipinski definition) is 9. The smallest absolute Gasteiger partial charge is 0.410 e. The van der Waals surface area contributed by atoms with Crippen LogP contribution < -0.4 is 4.90 Å². The third-order valence-electron chi connectivity index (χ3n) is 6.48. The predicted octanol–water partition coefficient (Wildman–Crippen LogP) is 3.25. The van der Waals surface area contributed by atoms with E-state index in [1.807, 2.05) is 56.0 Å². The maximum atomic E-state index is 12.9. The Kier molecular flexibility index (Phi) is 8.82. The summed E-state index contributed by atoms with van der Waals surface area (Å²) in [7, 11) is 0. The van der Waals surface area contributed by atoms with Crippen LogP contribution in [0.4, 0.5) is 15.4 Å². The number of piperazine rings is 1. The average molecular weight is 555 g/mol. The maximum absolute atomic E-state index is 12.9. The lowest BCUT2D eigenvalue weighted by molar-refractivity contribution is 0.0220. The number of rotatable bonds is 5. The summed E-state index contributed by atoms with van der Waals surface area (Å²) < 4.78 is 23.5. The standard InChI is InChI=1S/C27H34N6O5S/c1-27(2,3)38-25(34)32-13-11-21-22(17-32)29-24(39(4)36)30-23(21)31-14-15-33(20(16-31)10-12-28)26(35)37-18-19-8-6-5-7-9-19/h5-9,20H,10-11,13-18H2,1-4H3. The summed E-state index contributed by atoms with van der Waals surface area (Å²) in [5.41, 5.74) is 1.76. The first kappa shape index (κ1) is 28.4. The Morgan fingerprint density at radius 1 is 1.15 bits per heavy atom. The van der Waals surface area contributed by atoms with Crippen LogP contribution in [0.3, 0.4) is 0 Å². The van der Waals surface area contributed by atoms with Gasteiger partial charge in [0, 0.05) is 42.9 Å². The molecule has 1 fully saturated rings. The van der Waals surface area contributed by atoms with Gasteiger partial charge in [-0.2, -0.15) is 15.2 Å². The maximum Gasteiger partial charge on any atom is 0.410 e. The molecule has 0 aliphatic carbocycles. The molecule has 0 N–H and O–H groups in total. The Morgan fingerprint density at radius 3 is 2.56 bits per heavy atom. The number of hydrogen-bond donors (Lipinski definition) is 0. The first-order chi connectivity index (χ1) is 18.6. The zero-order valence-corrected chi connectivity index (χ0v) is 23.6. The van der Waals surface area contributed by atoms with E-state index in [1.165, 1.54) is 6.26 Å². The fraction of sp³-hybridized carbons (Fsp3) is 0.519. The highest BCUT2D eigenvalue weighted by Gasteiger charge is 2.36. The van der Waals surface area contributed by atoms with Crippen molar-refractivity contribution in [3.05, 3.63) is 47.2 Å². The monoisotopic (exact) mass is 554 g/mol. The normalized spacial score (nSPS) is 18.2. The van der Waals surface area contributed by atoms with Crippen LogP contribution in [0.1, 0.15) is 44.0 Å². The summed E-state index contributed by atoms with van der Waals surface area (Å²) in [6.45, 7) is 7.41. The van der Waals surface area contributed by atoms with Crippen molar-refractivity contribution in [3.8, 4) is 6.07 Å². The van der Waals surface area contributed by atoms with Gasteiger partial charge in [-0.15, -0.1) is 0 Å². The van der Waals surface area contributed by atoms with E-state index in [0.717, 1.165) is 11.1 Å². The SMILES string of the molecule is C[S+]([O-])c1nc2c(c(N3CCN(C(=O)OCc4ccccc4)C(CC#N)C3)n1)CCN(C(=O)OC(C)(C)C)C2. The molecule has 0 spiro atoms. The number of carbonyl (C=O) groups excluding carboxylic acids is 2. The van der Waals surface area contributed by atoms with Gasteiger partial charge < -0.3 is 28.7 Å². The van der Waals surface area contributed by atoms with Crippen molar-refractivity contribution in [2.45, 2.75) is 63.6 Å². The minimum absolute atomic E-state index is 0.128. The lowest BCUT2D eigenvalue weighted by Gasteiger charge is -2.41. The number of anilines is 1. The zero-order chi connectivity index (χ0) is 28.2. The second-order valence-electron chi connectivity index (χ2n) is 10.6. The molecule has 0 saturated carbocycles. The lowest BCUT2D eigenvalue weighted by atomic mass is 10.0. The van der Waals surface area contributed by atoms with Crippen LogP contribution in [0.2, 0.25) is 0 Å². The molecule has 2 aliphatic rings. The first-order valence-corrected chi connectivity index (χ1v) is 14.4. The summed E-state index contributed by atoms with van der Waals surface area (Å²) in [5, 5.41) is 9.67. The van der Waals surface area contributed by atoms with Gasteiger partial charge in [0.2, 0.25) is 0 Å². The quantitative estimate of drug-likeness (QED) is 0.403. The van der Waals surface area contributed by atoms with Crippen molar-refractivity contribution in [2.24, 2.45) is 0 Å². The second-order valence-corrected chi connectivity index (χ2v) is 11.8. The van der Waals surface area contributed by atoms with E-state index in [4.69, 9.17) is 9.47 Å². The van der Waals surface area contributed by atoms with Crippen LogP contribution in [0.15, 0.2) is 35.5 Å². The van der Waals surface area contributed by atoms with Gasteiger partial charge in [0.15, 0.2) is 0 Å². The van der Waals surface area contributed by atoms with Gasteiger partial charge in [0.1, 0.15) is 24.3 Å². The molecule has 0 radical (unpaired) electrons. The molecule has 11 nitrogen and oxygen atoms in total. The molecule has 2 aliphatic heterocycles. The summed E-state index contributed by atoms with van der Waals surface area (Å²) in [4.78, 5) is 40.0. The van der Waals surface area contributed by atoms with E-state index >= 15 is 0 Å². The number of fused-ring (bicyclic) bond motifs is 1. The van der Waals surface area contributed by atoms with Gasteiger partial charge in [-0.3, -0.25) is 0 Å². The average Bonchev–Trinajstić information content (AvgIpc) is 2.90. The molecule has 0 bridgehead atoms. The van der Waals surface area contributed by atoms with Gasteiger partial charge in [0.05, 0.1) is 30.8 Å². The number of nitriles is 1. The summed E-state index contributed by atoms with van der Waals surface area (Å²) >= 11 is -1.45. The number of aromatic nitrogens is 2. The lowest BCUT2D eigenvalue weighted by Crippen LogP contribution is -2.56. The van der Waals surface area contributed by atoms with Crippen molar-refractivity contribution in [1.29, 1.82) is 5.26 Å². The van der Waals surface area contributed by atoms with E-state index in [1.54, 1.807) is 9.80 Å². The number of nitrogens with zero attached hydrogens (tertiary/aromatic N) is 6. The Labute approximate surface area is 231 Å². The highest BCUT2D eigenvalue weighted by Crippen LogP contribution is 2.30. The highest BCUT2D eigenvalue weighted by molar-refractivity contribution is 7.90. The van der Waals surface area contributed by atoms with Crippen molar-refractivity contribution < 1.29 is 23.6 Å². The third kappa shape index (κ3) is 7.10. The van der Waals surface area contributed by atoms with Crippen LogP contribution in [0.5, 0.6) is 0 Å². The highest BCUT2D eigenvalue weighted by atomic mass is 32.2. The second kappa shape index (κ2) is 12.1. The third-order valence-corrected chi connectivity index (χ3v) is 7.18. The van der Waals surface area contributed by atoms with Gasteiger partial charge >= 0.3 is 17.3 Å². The van der Waals surface area contributed by atoms with Crippen molar-refractivity contribution in [3.63, 3.8) is 0 Å². The van der Waals surface area contributed by atoms with Crippen LogP contribution in [-0.2, 0) is 40.2 Å². The largest absolute Gasteiger partial charge is 0.609 e. The number of carbonyl (C=O) groups is 2. The summed E-state index contributed by atoms with van der Waals surface area (Å²) in [6.07, 6.45) is 1.25. The van der Waals surface area contributed by atoms with Crippen LogP contribution in [-0.4, -0.2) is 80.6 Å². The van der Waals surface area contributed by atoms with Gasteiger partial charge in [0.25, 0.3) is 0 Å². The molecule has 1 saturated heterocycles. The summed E-state index contributed by atoms with van der Waals surface area (Å²) in [5.74, 6) is 0.634. The minimum atomic E-state index is -1.45. The van der Waals surface area contributed by atoms with E-state index in [-0.39, 0.29) is 24.7 Å². The molecule has 2 aromatic rings. The van der Waals surface area contributed by atoms with E-state index < -0.39 is 35.0 Å². The Balaban J connectivity index is 1.53. The molecule has 2 amide bonds. The number of amides is 2. The van der Waals surface area contributed by atoms with Crippen molar-refractivity contribution >= 4 is 29.2 Å². The van der Waals surface area contributed by atoms with E-state index in [0.29, 0.717) is 44.1 Å².